The van der Waals surface area contributed by atoms with Crippen molar-refractivity contribution in [2.45, 2.75) is 45.2 Å². The van der Waals surface area contributed by atoms with E-state index in [0.29, 0.717) is 6.04 Å². The minimum Gasteiger partial charge on any atom is -0.329 e. The number of aromatic nitrogens is 2. The van der Waals surface area contributed by atoms with Crippen molar-refractivity contribution in [1.29, 1.82) is 0 Å². The van der Waals surface area contributed by atoms with Gasteiger partial charge in [-0.05, 0) is 35.7 Å². The summed E-state index contributed by atoms with van der Waals surface area (Å²) in [7, 11) is 2.02. The fraction of sp³-hybridized carbons (Fsp3) is 0.769. The minimum absolute atomic E-state index is 0.704. The van der Waals surface area contributed by atoms with Crippen LogP contribution in [0.4, 0.5) is 0 Å². The van der Waals surface area contributed by atoms with Crippen LogP contribution < -0.4 is 5.73 Å². The Kier molecular flexibility index (Phi) is 4.81. The number of nitrogens with two attached hydrogens (primary N) is 1. The molecule has 1 aromatic heterocycles. The largest absolute Gasteiger partial charge is 0.329 e. The van der Waals surface area contributed by atoms with Crippen molar-refractivity contribution >= 4 is 15.9 Å². The van der Waals surface area contributed by atoms with Gasteiger partial charge < -0.3 is 5.73 Å². The predicted octanol–water partition coefficient (Wildman–Crippen LogP) is 2.19. The van der Waals surface area contributed by atoms with E-state index in [-0.39, 0.29) is 0 Å². The average molecular weight is 315 g/mol. The van der Waals surface area contributed by atoms with Gasteiger partial charge in [-0.1, -0.05) is 12.8 Å². The van der Waals surface area contributed by atoms with E-state index < -0.39 is 0 Å². The van der Waals surface area contributed by atoms with E-state index >= 15 is 0 Å². The molecule has 4 nitrogen and oxygen atoms in total. The van der Waals surface area contributed by atoms with Crippen LogP contribution in [0, 0.1) is 6.92 Å². The zero-order valence-corrected chi connectivity index (χ0v) is 12.9. The zero-order chi connectivity index (χ0) is 13.1. The summed E-state index contributed by atoms with van der Waals surface area (Å²) < 4.78 is 3.13. The van der Waals surface area contributed by atoms with E-state index in [4.69, 9.17) is 5.73 Å². The van der Waals surface area contributed by atoms with E-state index in [1.807, 2.05) is 18.7 Å². The molecule has 102 valence electrons. The second kappa shape index (κ2) is 6.17. The molecule has 2 N–H and O–H groups in total. The fourth-order valence-electron chi connectivity index (χ4n) is 2.87. The maximum Gasteiger partial charge on any atom is 0.0739 e. The van der Waals surface area contributed by atoms with Crippen LogP contribution in [0.25, 0.3) is 0 Å². The standard InChI is InChI=1S/C13H23BrN4/c1-10-13(14)12(17(2)16-10)9-18(8-7-15)11-5-3-4-6-11/h11H,3-9,15H2,1-2H3. The van der Waals surface area contributed by atoms with E-state index in [1.165, 1.54) is 31.4 Å². The molecule has 0 radical (unpaired) electrons. The van der Waals surface area contributed by atoms with Gasteiger partial charge in [0.25, 0.3) is 0 Å². The maximum absolute atomic E-state index is 5.76. The molecule has 1 aliphatic rings. The molecule has 0 unspecified atom stereocenters. The Morgan fingerprint density at radius 3 is 2.61 bits per heavy atom. The topological polar surface area (TPSA) is 47.1 Å². The Balaban J connectivity index is 2.12. The smallest absolute Gasteiger partial charge is 0.0739 e. The number of hydrogen-bond acceptors (Lipinski definition) is 3. The first-order chi connectivity index (χ1) is 8.63. The molecule has 18 heavy (non-hydrogen) atoms. The molecular formula is C13H23BrN4. The summed E-state index contributed by atoms with van der Waals surface area (Å²) in [5, 5.41) is 4.46. The average Bonchev–Trinajstić information content (AvgIpc) is 2.93. The summed E-state index contributed by atoms with van der Waals surface area (Å²) in [6, 6.07) is 0.704. The van der Waals surface area contributed by atoms with Crippen LogP contribution in [0.2, 0.25) is 0 Å². The van der Waals surface area contributed by atoms with Gasteiger partial charge in [-0.15, -0.1) is 0 Å². The highest BCUT2D eigenvalue weighted by molar-refractivity contribution is 9.10. The van der Waals surface area contributed by atoms with Crippen LogP contribution in [-0.2, 0) is 13.6 Å². The summed E-state index contributed by atoms with van der Waals surface area (Å²) in [4.78, 5) is 2.52. The lowest BCUT2D eigenvalue weighted by atomic mass is 10.2. The highest BCUT2D eigenvalue weighted by atomic mass is 79.9. The monoisotopic (exact) mass is 314 g/mol. The molecule has 0 atom stereocenters. The lowest BCUT2D eigenvalue weighted by Crippen LogP contribution is -2.37. The number of nitrogens with zero attached hydrogens (tertiary/aromatic N) is 3. The van der Waals surface area contributed by atoms with Crippen molar-refractivity contribution in [2.75, 3.05) is 13.1 Å². The van der Waals surface area contributed by atoms with Gasteiger partial charge in [0, 0.05) is 32.7 Å². The van der Waals surface area contributed by atoms with Crippen molar-refractivity contribution in [3.8, 4) is 0 Å². The second-order valence-electron chi connectivity index (χ2n) is 5.17. The Labute approximate surface area is 118 Å². The molecule has 0 bridgehead atoms. The van der Waals surface area contributed by atoms with Crippen LogP contribution in [0.1, 0.15) is 37.1 Å². The quantitative estimate of drug-likeness (QED) is 0.906. The van der Waals surface area contributed by atoms with Crippen molar-refractivity contribution in [3.63, 3.8) is 0 Å². The molecular weight excluding hydrogens is 292 g/mol. The third-order valence-electron chi connectivity index (χ3n) is 3.87. The van der Waals surface area contributed by atoms with Crippen LogP contribution >= 0.6 is 15.9 Å². The van der Waals surface area contributed by atoms with Gasteiger partial charge in [-0.3, -0.25) is 9.58 Å². The zero-order valence-electron chi connectivity index (χ0n) is 11.3. The molecule has 0 spiro atoms. The molecule has 2 rings (SSSR count). The fourth-order valence-corrected chi connectivity index (χ4v) is 3.33. The SMILES string of the molecule is Cc1nn(C)c(CN(CCN)C2CCCC2)c1Br. The first kappa shape index (κ1) is 14.0. The molecule has 0 aromatic carbocycles. The summed E-state index contributed by atoms with van der Waals surface area (Å²) in [6.45, 7) is 4.68. The Morgan fingerprint density at radius 1 is 1.44 bits per heavy atom. The molecule has 1 heterocycles. The molecule has 0 amide bonds. The lowest BCUT2D eigenvalue weighted by molar-refractivity contribution is 0.190. The van der Waals surface area contributed by atoms with Gasteiger partial charge in [0.1, 0.15) is 0 Å². The minimum atomic E-state index is 0.704. The van der Waals surface area contributed by atoms with Crippen LogP contribution in [0.3, 0.4) is 0 Å². The van der Waals surface area contributed by atoms with E-state index in [1.54, 1.807) is 0 Å². The number of aryl methyl sites for hydroxylation is 2. The molecule has 1 aliphatic carbocycles. The second-order valence-corrected chi connectivity index (χ2v) is 5.96. The third kappa shape index (κ3) is 2.95. The number of halogens is 1. The van der Waals surface area contributed by atoms with Crippen molar-refractivity contribution in [1.82, 2.24) is 14.7 Å². The van der Waals surface area contributed by atoms with E-state index in [0.717, 1.165) is 29.8 Å². The summed E-state index contributed by atoms with van der Waals surface area (Å²) in [5.41, 5.74) is 8.08. The number of rotatable bonds is 5. The van der Waals surface area contributed by atoms with Crippen LogP contribution in [0.15, 0.2) is 4.47 Å². The van der Waals surface area contributed by atoms with Gasteiger partial charge >= 0.3 is 0 Å². The molecule has 1 fully saturated rings. The Hall–Kier alpha value is -0.390. The predicted molar refractivity (Wildman–Crippen MR) is 77.4 cm³/mol. The Bertz CT molecular complexity index is 396. The van der Waals surface area contributed by atoms with Crippen molar-refractivity contribution in [2.24, 2.45) is 12.8 Å². The first-order valence-electron chi connectivity index (χ1n) is 6.75. The first-order valence-corrected chi connectivity index (χ1v) is 7.55. The molecule has 1 aromatic rings. The van der Waals surface area contributed by atoms with Crippen molar-refractivity contribution in [3.05, 3.63) is 15.9 Å². The molecule has 1 saturated carbocycles. The van der Waals surface area contributed by atoms with E-state index in [9.17, 15) is 0 Å². The summed E-state index contributed by atoms with van der Waals surface area (Å²) in [6.07, 6.45) is 5.34. The maximum atomic E-state index is 5.76. The Morgan fingerprint density at radius 2 is 2.11 bits per heavy atom. The molecule has 5 heteroatoms. The summed E-state index contributed by atoms with van der Waals surface area (Å²) in [5.74, 6) is 0. The van der Waals surface area contributed by atoms with Gasteiger partial charge in [0.05, 0.1) is 15.9 Å². The third-order valence-corrected chi connectivity index (χ3v) is 4.90. The molecule has 0 saturated heterocycles. The van der Waals surface area contributed by atoms with Gasteiger partial charge in [-0.25, -0.2) is 0 Å². The normalized spacial score (nSPS) is 16.9. The van der Waals surface area contributed by atoms with Gasteiger partial charge in [0.2, 0.25) is 0 Å². The highest BCUT2D eigenvalue weighted by Crippen LogP contribution is 2.27. The highest BCUT2D eigenvalue weighted by Gasteiger charge is 2.24. The number of hydrogen-bond donors (Lipinski definition) is 1. The van der Waals surface area contributed by atoms with Crippen LogP contribution in [0.5, 0.6) is 0 Å². The van der Waals surface area contributed by atoms with E-state index in [2.05, 4.69) is 25.9 Å². The molecule has 0 aliphatic heterocycles. The lowest BCUT2D eigenvalue weighted by Gasteiger charge is -2.28. The summed E-state index contributed by atoms with van der Waals surface area (Å²) >= 11 is 3.65. The van der Waals surface area contributed by atoms with Crippen LogP contribution in [-0.4, -0.2) is 33.8 Å². The van der Waals surface area contributed by atoms with Crippen molar-refractivity contribution < 1.29 is 0 Å². The van der Waals surface area contributed by atoms with Gasteiger partial charge in [-0.2, -0.15) is 5.10 Å². The van der Waals surface area contributed by atoms with Gasteiger partial charge in [0.15, 0.2) is 0 Å².